The van der Waals surface area contributed by atoms with Crippen molar-refractivity contribution in [1.82, 2.24) is 0 Å². The predicted octanol–water partition coefficient (Wildman–Crippen LogP) is 6.79. The van der Waals surface area contributed by atoms with E-state index in [1.165, 1.54) is 0 Å². The summed E-state index contributed by atoms with van der Waals surface area (Å²) in [5.74, 6) is 0. The first-order valence-electron chi connectivity index (χ1n) is 36.4. The Morgan fingerprint density at radius 1 is 0.189 bits per heavy atom. The summed E-state index contributed by atoms with van der Waals surface area (Å²) in [6.07, 6.45) is 9.26. The molecule has 0 spiro atoms. The summed E-state index contributed by atoms with van der Waals surface area (Å²) in [5.41, 5.74) is 82.1. The minimum Gasteiger partial charge on any atom is -0.439 e. The lowest BCUT2D eigenvalue weighted by atomic mass is 10.5. The molecule has 95 heavy (non-hydrogen) atoms. The standard InChI is InChI=1S/C55H153N13O13Si14/c1-82(43-17-30-56)69-84(5,44-18-31-57)71-86(7,46-20-33-59)73-88(9,48-22-35-61)75-90(11,50-24-37-63)77-92(13,52-26-39-65)79-94(15,54-28-41-67)81-95(16,55-29-42-68)80-93(14,53-27-40-66)78-91(12,51-25-38-64)76-89(10,49-23-36-62)74-87(8,47-21-34-60)72-85(6,45-19-32-58)70-83(2,3)4/h82H,17-68H2,1-16H3. The summed E-state index contributed by atoms with van der Waals surface area (Å²) in [6.45, 7) is 41.0. The van der Waals surface area contributed by atoms with E-state index in [9.17, 15) is 0 Å². The fourth-order valence-corrected chi connectivity index (χ4v) is 89.8. The van der Waals surface area contributed by atoms with Crippen molar-refractivity contribution in [2.24, 2.45) is 74.5 Å². The second-order valence-electron chi connectivity index (χ2n) is 29.5. The first-order valence-corrected chi connectivity index (χ1v) is 72.5. The van der Waals surface area contributed by atoms with Crippen molar-refractivity contribution in [2.75, 3.05) is 85.1 Å². The van der Waals surface area contributed by atoms with Crippen molar-refractivity contribution in [1.29, 1.82) is 0 Å². The van der Waals surface area contributed by atoms with E-state index in [4.69, 9.17) is 128 Å². The fourth-order valence-electron chi connectivity index (χ4n) is 13.1. The molecule has 13 atom stereocenters. The van der Waals surface area contributed by atoms with Gasteiger partial charge in [0.15, 0.2) is 17.4 Å². The monoisotopic (exact) mass is 1600 g/mol. The number of nitrogens with two attached hydrogens (primary N) is 13. The highest BCUT2D eigenvalue weighted by Crippen LogP contribution is 2.41. The average Bonchev–Trinajstić information content (AvgIpc) is 0.790. The maximum atomic E-state index is 7.86. The van der Waals surface area contributed by atoms with Crippen LogP contribution in [0, 0.1) is 0 Å². The number of hydrogen-bond donors (Lipinski definition) is 13. The van der Waals surface area contributed by atoms with E-state index in [1.807, 2.05) is 0 Å². The number of hydrogen-bond acceptors (Lipinski definition) is 26. The average molecular weight is 1600 g/mol. The zero-order valence-corrected chi connectivity index (χ0v) is 77.6. The summed E-state index contributed by atoms with van der Waals surface area (Å²) in [4.78, 5) is 0. The van der Waals surface area contributed by atoms with Crippen molar-refractivity contribution in [3.63, 3.8) is 0 Å². The molecule has 26 N–H and O–H groups in total. The molecule has 40 heteroatoms. The van der Waals surface area contributed by atoms with E-state index < -0.39 is 120 Å². The largest absolute Gasteiger partial charge is 0.439 e. The smallest absolute Gasteiger partial charge is 0.317 e. The Morgan fingerprint density at radius 2 is 0.316 bits per heavy atom. The summed E-state index contributed by atoms with van der Waals surface area (Å²) in [6, 6.07) is 8.58. The summed E-state index contributed by atoms with van der Waals surface area (Å²) >= 11 is 0. The van der Waals surface area contributed by atoms with Gasteiger partial charge in [0, 0.05) is 0 Å². The Bertz CT molecular complexity index is 2020. The zero-order chi connectivity index (χ0) is 72.8. The maximum absolute atomic E-state index is 7.86. The summed E-state index contributed by atoms with van der Waals surface area (Å²) in [7, 11) is -42.2. The highest BCUT2D eigenvalue weighted by atomic mass is 28.5. The number of rotatable bonds is 65. The molecule has 0 heterocycles. The van der Waals surface area contributed by atoms with E-state index in [0.717, 1.165) is 50.2 Å². The molecule has 0 aromatic heterocycles. The topological polar surface area (TPSA) is 458 Å². The Balaban J connectivity index is 8.29. The van der Waals surface area contributed by atoms with E-state index in [0.29, 0.717) is 197 Å². The van der Waals surface area contributed by atoms with E-state index >= 15 is 0 Å². The molecule has 572 valence electrons. The molecule has 0 aliphatic rings. The van der Waals surface area contributed by atoms with Crippen molar-refractivity contribution in [2.45, 2.75) is 267 Å². The SMILES string of the molecule is C[SiH](CCCN)O[Si](C)(CCCN)O[Si](C)(CCCN)O[Si](C)(CCCN)O[Si](C)(CCCN)O[Si](C)(CCCN)O[Si](C)(CCCN)O[Si](C)(CCCN)O[Si](C)(CCCN)O[Si](C)(CCCN)O[Si](C)(CCCN)O[Si](C)(CCCN)O[Si](C)(CCCN)O[Si](C)(C)C. The van der Waals surface area contributed by atoms with Gasteiger partial charge in [0.05, 0.1) is 0 Å². The van der Waals surface area contributed by atoms with Gasteiger partial charge in [-0.15, -0.1) is 0 Å². The Kier molecular flexibility index (Phi) is 48.5. The van der Waals surface area contributed by atoms with Crippen LogP contribution in [0.15, 0.2) is 0 Å². The molecule has 26 nitrogen and oxygen atoms in total. The van der Waals surface area contributed by atoms with Crippen LogP contribution in [0.1, 0.15) is 83.5 Å². The lowest BCUT2D eigenvalue weighted by molar-refractivity contribution is 0.233. The first-order chi connectivity index (χ1) is 44.2. The van der Waals surface area contributed by atoms with Gasteiger partial charge < -0.3 is 128 Å². The molecule has 0 aliphatic heterocycles. The Morgan fingerprint density at radius 3 is 0.453 bits per heavy atom. The van der Waals surface area contributed by atoms with Crippen LogP contribution >= 0.6 is 0 Å². The third-order valence-electron chi connectivity index (χ3n) is 16.6. The molecule has 0 bridgehead atoms. The van der Waals surface area contributed by atoms with Gasteiger partial charge in [-0.2, -0.15) is 0 Å². The van der Waals surface area contributed by atoms with Crippen LogP contribution in [-0.4, -0.2) is 205 Å². The van der Waals surface area contributed by atoms with Crippen LogP contribution in [-0.2, 0) is 53.5 Å². The fraction of sp³-hybridized carbons (Fsp3) is 1.00. The molecule has 0 fully saturated rings. The van der Waals surface area contributed by atoms with Gasteiger partial charge in [-0.25, -0.2) is 0 Å². The third-order valence-corrected chi connectivity index (χ3v) is 78.7. The highest BCUT2D eigenvalue weighted by molar-refractivity contribution is 6.95. The first kappa shape index (κ1) is 97.0. The molecule has 0 aromatic rings. The zero-order valence-electron chi connectivity index (χ0n) is 63.5. The van der Waals surface area contributed by atoms with Crippen LogP contribution in [0.25, 0.3) is 0 Å². The van der Waals surface area contributed by atoms with Crippen LogP contribution in [0.5, 0.6) is 0 Å². The maximum Gasteiger partial charge on any atom is 0.317 e. The third kappa shape index (κ3) is 41.5. The quantitative estimate of drug-likeness (QED) is 0.0279. The molecule has 0 aliphatic carbocycles. The van der Waals surface area contributed by atoms with Gasteiger partial charge in [-0.05, 0) is 352 Å². The lowest BCUT2D eigenvalue weighted by Crippen LogP contribution is -2.66. The van der Waals surface area contributed by atoms with Crippen LogP contribution in [0.4, 0.5) is 0 Å². The van der Waals surface area contributed by atoms with Crippen LogP contribution in [0.2, 0.25) is 183 Å². The van der Waals surface area contributed by atoms with Crippen LogP contribution < -0.4 is 74.5 Å². The summed E-state index contributed by atoms with van der Waals surface area (Å²) in [5, 5.41) is 0. The molecule has 0 saturated carbocycles. The Labute approximate surface area is 595 Å². The van der Waals surface area contributed by atoms with E-state index in [1.54, 1.807) is 0 Å². The molecule has 0 amide bonds. The van der Waals surface area contributed by atoms with Crippen molar-refractivity contribution in [3.8, 4) is 0 Å². The molecular formula is C55H153N13O13Si14. The van der Waals surface area contributed by atoms with Gasteiger partial charge in [0.1, 0.15) is 0 Å². The molecule has 0 saturated heterocycles. The molecular weight excluding hydrogens is 1440 g/mol. The van der Waals surface area contributed by atoms with Gasteiger partial charge in [0.25, 0.3) is 0 Å². The van der Waals surface area contributed by atoms with Gasteiger partial charge in [0.2, 0.25) is 0 Å². The minimum absolute atomic E-state index is 0.430. The molecule has 0 aromatic carbocycles. The lowest BCUT2D eigenvalue weighted by Gasteiger charge is -2.49. The summed E-state index contributed by atoms with van der Waals surface area (Å²) < 4.78 is 99.1. The molecule has 13 unspecified atom stereocenters. The van der Waals surface area contributed by atoms with Gasteiger partial charge in [-0.3, -0.25) is 0 Å². The van der Waals surface area contributed by atoms with Gasteiger partial charge in [-0.1, -0.05) is 0 Å². The van der Waals surface area contributed by atoms with Crippen molar-refractivity contribution < 1.29 is 53.5 Å². The minimum atomic E-state index is -3.39. The van der Waals surface area contributed by atoms with Gasteiger partial charge >= 0.3 is 103 Å². The van der Waals surface area contributed by atoms with Crippen molar-refractivity contribution in [3.05, 3.63) is 0 Å². The second-order valence-corrected chi connectivity index (χ2v) is 79.9. The second kappa shape index (κ2) is 47.5. The normalized spacial score (nSPS) is 20.7. The van der Waals surface area contributed by atoms with E-state index in [-0.39, 0.29) is 0 Å². The molecule has 0 rings (SSSR count). The highest BCUT2D eigenvalue weighted by Gasteiger charge is 2.58. The molecule has 0 radical (unpaired) electrons. The van der Waals surface area contributed by atoms with Crippen LogP contribution in [0.3, 0.4) is 0 Å². The van der Waals surface area contributed by atoms with Crippen molar-refractivity contribution >= 4 is 120 Å². The van der Waals surface area contributed by atoms with E-state index in [2.05, 4.69) is 105 Å². The predicted molar refractivity (Wildman–Crippen MR) is 430 cm³/mol. The Hall–Kier alpha value is 2.00.